The molecule has 0 radical (unpaired) electrons. The first-order chi connectivity index (χ1) is 16.9. The lowest BCUT2D eigenvalue weighted by molar-refractivity contribution is 0.0826. The highest BCUT2D eigenvalue weighted by atomic mass is 16.1. The number of benzene rings is 3. The van der Waals surface area contributed by atoms with Crippen LogP contribution in [0.4, 0.5) is 11.4 Å². The van der Waals surface area contributed by atoms with Crippen LogP contribution in [-0.4, -0.2) is 34.4 Å². The van der Waals surface area contributed by atoms with Gasteiger partial charge in [-0.15, -0.1) is 0 Å². The molecule has 0 saturated carbocycles. The zero-order valence-corrected chi connectivity index (χ0v) is 20.6. The molecule has 1 aromatic heterocycles. The normalized spacial score (nSPS) is 13.9. The van der Waals surface area contributed by atoms with Gasteiger partial charge in [0.25, 0.3) is 5.91 Å². The van der Waals surface area contributed by atoms with Crippen LogP contribution < -0.4 is 10.6 Å². The molecule has 1 aliphatic rings. The molecular formula is C30H32N4O. The standard InChI is InChI=1S/C30H32N4O/c1-21-17-28(26-13-6-7-14-27(26)32-21)33-25-12-8-11-23(18-25)29(35)31-20-30(2,3)34-16-15-22-9-4-5-10-24(22)19-34/h4-14,17-18H,15-16,19-20H2,1-3H3,(H,31,35)(H,32,33). The first kappa shape index (κ1) is 23.1. The molecule has 0 bridgehead atoms. The summed E-state index contributed by atoms with van der Waals surface area (Å²) in [4.78, 5) is 20.2. The van der Waals surface area contributed by atoms with Gasteiger partial charge in [0.15, 0.2) is 0 Å². The smallest absolute Gasteiger partial charge is 0.251 e. The molecule has 5 rings (SSSR count). The highest BCUT2D eigenvalue weighted by Crippen LogP contribution is 2.27. The quantitative estimate of drug-likeness (QED) is 0.376. The molecule has 5 heteroatoms. The van der Waals surface area contributed by atoms with Crippen molar-refractivity contribution in [1.82, 2.24) is 15.2 Å². The van der Waals surface area contributed by atoms with Gasteiger partial charge in [0.05, 0.1) is 5.52 Å². The highest BCUT2D eigenvalue weighted by molar-refractivity contribution is 5.96. The average Bonchev–Trinajstić information content (AvgIpc) is 2.87. The first-order valence-electron chi connectivity index (χ1n) is 12.2. The van der Waals surface area contributed by atoms with E-state index in [2.05, 4.69) is 64.7 Å². The van der Waals surface area contributed by atoms with E-state index in [1.54, 1.807) is 0 Å². The van der Waals surface area contributed by atoms with Crippen LogP contribution in [0.2, 0.25) is 0 Å². The summed E-state index contributed by atoms with van der Waals surface area (Å²) >= 11 is 0. The Morgan fingerprint density at radius 1 is 0.971 bits per heavy atom. The van der Waals surface area contributed by atoms with Crippen LogP contribution in [0.15, 0.2) is 78.9 Å². The number of anilines is 2. The largest absolute Gasteiger partial charge is 0.355 e. The van der Waals surface area contributed by atoms with Gasteiger partial charge in [0, 0.05) is 53.2 Å². The Bertz CT molecular complexity index is 1380. The van der Waals surface area contributed by atoms with E-state index >= 15 is 0 Å². The van der Waals surface area contributed by atoms with Crippen molar-refractivity contribution in [2.75, 3.05) is 18.4 Å². The number of para-hydroxylation sites is 1. The number of fused-ring (bicyclic) bond motifs is 2. The Hall–Kier alpha value is -3.70. The lowest BCUT2D eigenvalue weighted by Crippen LogP contribution is -2.53. The average molecular weight is 465 g/mol. The van der Waals surface area contributed by atoms with E-state index in [-0.39, 0.29) is 11.4 Å². The molecule has 178 valence electrons. The predicted molar refractivity (Wildman–Crippen MR) is 143 cm³/mol. The van der Waals surface area contributed by atoms with Gasteiger partial charge in [-0.1, -0.05) is 48.5 Å². The van der Waals surface area contributed by atoms with Crippen LogP contribution in [-0.2, 0) is 13.0 Å². The lowest BCUT2D eigenvalue weighted by Gasteiger charge is -2.41. The fourth-order valence-electron chi connectivity index (χ4n) is 4.83. The predicted octanol–water partition coefficient (Wildman–Crippen LogP) is 5.85. The van der Waals surface area contributed by atoms with Gasteiger partial charge in [-0.3, -0.25) is 14.7 Å². The second-order valence-electron chi connectivity index (χ2n) is 9.97. The minimum absolute atomic E-state index is 0.0603. The van der Waals surface area contributed by atoms with E-state index in [1.807, 2.05) is 55.5 Å². The summed E-state index contributed by atoms with van der Waals surface area (Å²) in [6.45, 7) is 8.90. The third kappa shape index (κ3) is 5.05. The number of carbonyl (C=O) groups is 1. The molecular weight excluding hydrogens is 432 g/mol. The molecule has 2 N–H and O–H groups in total. The zero-order chi connectivity index (χ0) is 24.4. The maximum Gasteiger partial charge on any atom is 0.251 e. The third-order valence-electron chi connectivity index (χ3n) is 6.92. The van der Waals surface area contributed by atoms with Crippen molar-refractivity contribution in [3.63, 3.8) is 0 Å². The van der Waals surface area contributed by atoms with Crippen molar-refractivity contribution in [2.45, 2.75) is 39.3 Å². The summed E-state index contributed by atoms with van der Waals surface area (Å²) in [5.41, 5.74) is 7.07. The van der Waals surface area contributed by atoms with Crippen molar-refractivity contribution in [3.05, 3.63) is 101 Å². The summed E-state index contributed by atoms with van der Waals surface area (Å²) in [7, 11) is 0. The van der Waals surface area contributed by atoms with E-state index in [4.69, 9.17) is 0 Å². The minimum atomic E-state index is -0.146. The number of hydrogen-bond acceptors (Lipinski definition) is 4. The van der Waals surface area contributed by atoms with E-state index in [9.17, 15) is 4.79 Å². The number of hydrogen-bond donors (Lipinski definition) is 2. The Balaban J connectivity index is 1.27. The first-order valence-corrected chi connectivity index (χ1v) is 12.2. The van der Waals surface area contributed by atoms with E-state index in [0.717, 1.165) is 47.5 Å². The van der Waals surface area contributed by atoms with Gasteiger partial charge in [0.2, 0.25) is 0 Å². The summed E-state index contributed by atoms with van der Waals surface area (Å²) in [5, 5.41) is 7.71. The molecule has 4 aromatic rings. The van der Waals surface area contributed by atoms with Gasteiger partial charge in [-0.2, -0.15) is 0 Å². The molecule has 5 nitrogen and oxygen atoms in total. The van der Waals surface area contributed by atoms with Crippen LogP contribution in [0.5, 0.6) is 0 Å². The number of pyridine rings is 1. The summed E-state index contributed by atoms with van der Waals surface area (Å²) < 4.78 is 0. The Labute approximate surface area is 207 Å². The van der Waals surface area contributed by atoms with E-state index in [0.29, 0.717) is 12.1 Å². The topological polar surface area (TPSA) is 57.3 Å². The van der Waals surface area contributed by atoms with Crippen LogP contribution in [0.25, 0.3) is 10.9 Å². The summed E-state index contributed by atoms with van der Waals surface area (Å²) in [6.07, 6.45) is 1.05. The zero-order valence-electron chi connectivity index (χ0n) is 20.6. The molecule has 0 unspecified atom stereocenters. The van der Waals surface area contributed by atoms with Crippen molar-refractivity contribution in [1.29, 1.82) is 0 Å². The van der Waals surface area contributed by atoms with Gasteiger partial charge in [-0.25, -0.2) is 0 Å². The molecule has 3 aromatic carbocycles. The highest BCUT2D eigenvalue weighted by Gasteiger charge is 2.30. The second-order valence-corrected chi connectivity index (χ2v) is 9.97. The van der Waals surface area contributed by atoms with Crippen LogP contribution in [0.1, 0.15) is 41.0 Å². The third-order valence-corrected chi connectivity index (χ3v) is 6.92. The maximum atomic E-state index is 13.1. The molecule has 1 amide bonds. The van der Waals surface area contributed by atoms with Gasteiger partial charge >= 0.3 is 0 Å². The SMILES string of the molecule is Cc1cc(Nc2cccc(C(=O)NCC(C)(C)N3CCc4ccccc4C3)c2)c2ccccc2n1. The summed E-state index contributed by atoms with van der Waals surface area (Å²) in [5.74, 6) is -0.0603. The van der Waals surface area contributed by atoms with Crippen LogP contribution in [0, 0.1) is 6.92 Å². The van der Waals surface area contributed by atoms with Gasteiger partial charge in [0.1, 0.15) is 0 Å². The lowest BCUT2D eigenvalue weighted by atomic mass is 9.94. The van der Waals surface area contributed by atoms with Crippen molar-refractivity contribution in [3.8, 4) is 0 Å². The Morgan fingerprint density at radius 2 is 1.74 bits per heavy atom. The van der Waals surface area contributed by atoms with E-state index < -0.39 is 0 Å². The molecule has 0 atom stereocenters. The number of nitrogens with zero attached hydrogens (tertiary/aromatic N) is 2. The van der Waals surface area contributed by atoms with Crippen molar-refractivity contribution >= 4 is 28.2 Å². The van der Waals surface area contributed by atoms with Crippen LogP contribution in [0.3, 0.4) is 0 Å². The Morgan fingerprint density at radius 3 is 2.60 bits per heavy atom. The molecule has 2 heterocycles. The number of carbonyl (C=O) groups excluding carboxylic acids is 1. The second kappa shape index (κ2) is 9.51. The minimum Gasteiger partial charge on any atom is -0.355 e. The molecule has 0 spiro atoms. The molecule has 1 aliphatic heterocycles. The molecule has 0 fully saturated rings. The number of aromatic nitrogens is 1. The molecule has 35 heavy (non-hydrogen) atoms. The monoisotopic (exact) mass is 464 g/mol. The fraction of sp³-hybridized carbons (Fsp3) is 0.267. The van der Waals surface area contributed by atoms with Crippen LogP contribution >= 0.6 is 0 Å². The summed E-state index contributed by atoms with van der Waals surface area (Å²) in [6, 6.07) is 26.4. The number of aryl methyl sites for hydroxylation is 1. The number of rotatable bonds is 6. The maximum absolute atomic E-state index is 13.1. The van der Waals surface area contributed by atoms with E-state index in [1.165, 1.54) is 11.1 Å². The number of amides is 1. The Kier molecular flexibility index (Phi) is 6.27. The van der Waals surface area contributed by atoms with Crippen molar-refractivity contribution < 1.29 is 4.79 Å². The molecule has 0 saturated heterocycles. The van der Waals surface area contributed by atoms with Gasteiger partial charge in [-0.05, 0) is 68.7 Å². The fourth-order valence-corrected chi connectivity index (χ4v) is 4.83. The van der Waals surface area contributed by atoms with Crippen molar-refractivity contribution in [2.24, 2.45) is 0 Å². The number of nitrogens with one attached hydrogen (secondary N) is 2. The molecule has 0 aliphatic carbocycles. The van der Waals surface area contributed by atoms with Gasteiger partial charge < -0.3 is 10.6 Å².